The summed E-state index contributed by atoms with van der Waals surface area (Å²) in [5.74, 6) is -5.32. The standard InChI is InChI=1S/C19H25N3O8/c20-12(6-9-16(24)25)17(26)22-13(18(27)28)7-8-15(23)21-14(19(29)30)10-11-4-2-1-3-5-11/h1-5,12-14H,6-10,20H2,(H,21,23)(H,22,26)(H,24,25)(H,27,28)(H,29,30)/t12-,13-,14-/m0/s1. The van der Waals surface area contributed by atoms with E-state index < -0.39 is 47.8 Å². The lowest BCUT2D eigenvalue weighted by Crippen LogP contribution is -2.49. The Balaban J connectivity index is 2.58. The minimum atomic E-state index is -1.43. The average Bonchev–Trinajstić information content (AvgIpc) is 2.68. The zero-order chi connectivity index (χ0) is 22.7. The van der Waals surface area contributed by atoms with Gasteiger partial charge in [0.2, 0.25) is 11.8 Å². The molecule has 0 fully saturated rings. The number of hydrogen-bond acceptors (Lipinski definition) is 6. The first-order chi connectivity index (χ1) is 14.1. The predicted molar refractivity (Wildman–Crippen MR) is 103 cm³/mol. The van der Waals surface area contributed by atoms with E-state index in [4.69, 9.17) is 10.8 Å². The van der Waals surface area contributed by atoms with Gasteiger partial charge in [-0.15, -0.1) is 0 Å². The molecule has 0 bridgehead atoms. The molecular formula is C19H25N3O8. The summed E-state index contributed by atoms with van der Waals surface area (Å²) in [6.45, 7) is 0. The number of carboxylic acid groups (broad SMARTS) is 3. The number of carbonyl (C=O) groups is 5. The highest BCUT2D eigenvalue weighted by molar-refractivity contribution is 5.88. The molecule has 0 aliphatic carbocycles. The Morgan fingerprint density at radius 3 is 1.97 bits per heavy atom. The summed E-state index contributed by atoms with van der Waals surface area (Å²) in [5.41, 5.74) is 6.23. The molecule has 0 saturated carbocycles. The molecule has 0 spiro atoms. The van der Waals surface area contributed by atoms with Gasteiger partial charge < -0.3 is 31.7 Å². The molecule has 11 nitrogen and oxygen atoms in total. The molecule has 30 heavy (non-hydrogen) atoms. The molecule has 0 heterocycles. The van der Waals surface area contributed by atoms with Crippen molar-refractivity contribution < 1.29 is 39.3 Å². The van der Waals surface area contributed by atoms with Gasteiger partial charge in [-0.3, -0.25) is 14.4 Å². The van der Waals surface area contributed by atoms with Gasteiger partial charge in [0.05, 0.1) is 6.04 Å². The van der Waals surface area contributed by atoms with Crippen molar-refractivity contribution in [1.82, 2.24) is 10.6 Å². The largest absolute Gasteiger partial charge is 0.481 e. The summed E-state index contributed by atoms with van der Waals surface area (Å²) in [6.07, 6.45) is -1.11. The third kappa shape index (κ3) is 9.15. The van der Waals surface area contributed by atoms with Crippen molar-refractivity contribution in [2.75, 3.05) is 0 Å². The molecule has 164 valence electrons. The van der Waals surface area contributed by atoms with Crippen LogP contribution in [0, 0.1) is 0 Å². The third-order valence-electron chi connectivity index (χ3n) is 4.20. The zero-order valence-corrected chi connectivity index (χ0v) is 16.1. The SMILES string of the molecule is N[C@@H](CCC(=O)O)C(=O)N[C@@H](CCC(=O)N[C@@H](Cc1ccccc1)C(=O)O)C(=O)O. The number of rotatable bonds is 13. The topological polar surface area (TPSA) is 196 Å². The summed E-state index contributed by atoms with van der Waals surface area (Å²) >= 11 is 0. The first-order valence-corrected chi connectivity index (χ1v) is 9.16. The van der Waals surface area contributed by atoms with Gasteiger partial charge in [0.15, 0.2) is 0 Å². The van der Waals surface area contributed by atoms with Crippen LogP contribution in [0.3, 0.4) is 0 Å². The summed E-state index contributed by atoms with van der Waals surface area (Å²) in [6, 6.07) is 4.83. The first kappa shape index (κ1) is 24.6. The van der Waals surface area contributed by atoms with Crippen molar-refractivity contribution in [3.8, 4) is 0 Å². The van der Waals surface area contributed by atoms with Gasteiger partial charge in [-0.2, -0.15) is 0 Å². The number of hydrogen-bond donors (Lipinski definition) is 6. The molecular weight excluding hydrogens is 398 g/mol. The summed E-state index contributed by atoms with van der Waals surface area (Å²) in [5, 5.41) is 31.6. The van der Waals surface area contributed by atoms with Gasteiger partial charge in [-0.05, 0) is 18.4 Å². The maximum atomic E-state index is 12.1. The highest BCUT2D eigenvalue weighted by Crippen LogP contribution is 2.06. The summed E-state index contributed by atoms with van der Waals surface area (Å²) in [7, 11) is 0. The van der Waals surface area contributed by atoms with Gasteiger partial charge in [0.25, 0.3) is 0 Å². The van der Waals surface area contributed by atoms with Crippen LogP contribution in [0.1, 0.15) is 31.2 Å². The van der Waals surface area contributed by atoms with Gasteiger partial charge >= 0.3 is 17.9 Å². The van der Waals surface area contributed by atoms with Crippen LogP contribution in [0.2, 0.25) is 0 Å². The van der Waals surface area contributed by atoms with Crippen LogP contribution in [0.4, 0.5) is 0 Å². The Bertz CT molecular complexity index is 768. The van der Waals surface area contributed by atoms with Crippen molar-refractivity contribution >= 4 is 29.7 Å². The first-order valence-electron chi connectivity index (χ1n) is 9.16. The Morgan fingerprint density at radius 2 is 1.43 bits per heavy atom. The van der Waals surface area contributed by atoms with Crippen LogP contribution in [0.15, 0.2) is 30.3 Å². The van der Waals surface area contributed by atoms with Crippen molar-refractivity contribution in [3.05, 3.63) is 35.9 Å². The molecule has 7 N–H and O–H groups in total. The molecule has 0 unspecified atom stereocenters. The highest BCUT2D eigenvalue weighted by Gasteiger charge is 2.26. The number of nitrogens with two attached hydrogens (primary N) is 1. The second kappa shape index (κ2) is 12.2. The van der Waals surface area contributed by atoms with E-state index in [1.165, 1.54) is 0 Å². The fraction of sp³-hybridized carbons (Fsp3) is 0.421. The third-order valence-corrected chi connectivity index (χ3v) is 4.20. The molecule has 11 heteroatoms. The van der Waals surface area contributed by atoms with Crippen LogP contribution in [-0.4, -0.2) is 63.2 Å². The van der Waals surface area contributed by atoms with E-state index in [1.807, 2.05) is 0 Å². The van der Waals surface area contributed by atoms with E-state index in [0.717, 1.165) is 0 Å². The molecule has 0 aromatic heterocycles. The van der Waals surface area contributed by atoms with Crippen molar-refractivity contribution in [1.29, 1.82) is 0 Å². The zero-order valence-electron chi connectivity index (χ0n) is 16.1. The number of benzene rings is 1. The Kier molecular flexibility index (Phi) is 9.97. The Morgan fingerprint density at radius 1 is 0.833 bits per heavy atom. The van der Waals surface area contributed by atoms with E-state index in [2.05, 4.69) is 10.6 Å². The van der Waals surface area contributed by atoms with Gasteiger partial charge in [-0.1, -0.05) is 30.3 Å². The van der Waals surface area contributed by atoms with E-state index in [9.17, 15) is 34.2 Å². The van der Waals surface area contributed by atoms with E-state index in [-0.39, 0.29) is 32.1 Å². The van der Waals surface area contributed by atoms with E-state index in [0.29, 0.717) is 5.56 Å². The summed E-state index contributed by atoms with van der Waals surface area (Å²) in [4.78, 5) is 57.3. The van der Waals surface area contributed by atoms with Crippen molar-refractivity contribution in [2.24, 2.45) is 5.73 Å². The minimum absolute atomic E-state index is 0.0550. The molecule has 0 aliphatic rings. The Hall–Kier alpha value is -3.47. The van der Waals surface area contributed by atoms with Crippen LogP contribution in [0.25, 0.3) is 0 Å². The van der Waals surface area contributed by atoms with E-state index in [1.54, 1.807) is 30.3 Å². The van der Waals surface area contributed by atoms with Crippen LogP contribution >= 0.6 is 0 Å². The lowest BCUT2D eigenvalue weighted by molar-refractivity contribution is -0.143. The number of amides is 2. The van der Waals surface area contributed by atoms with Crippen LogP contribution in [0.5, 0.6) is 0 Å². The molecule has 1 rings (SSSR count). The number of carboxylic acids is 3. The highest BCUT2D eigenvalue weighted by atomic mass is 16.4. The second-order valence-corrected chi connectivity index (χ2v) is 6.63. The fourth-order valence-corrected chi connectivity index (χ4v) is 2.54. The quantitative estimate of drug-likeness (QED) is 0.238. The monoisotopic (exact) mass is 423 g/mol. The molecule has 2 amide bonds. The Labute approximate surface area is 172 Å². The van der Waals surface area contributed by atoms with Crippen LogP contribution in [-0.2, 0) is 30.4 Å². The lowest BCUT2D eigenvalue weighted by Gasteiger charge is -2.18. The molecule has 3 atom stereocenters. The molecule has 0 aliphatic heterocycles. The molecule has 0 saturated heterocycles. The molecule has 1 aromatic carbocycles. The second-order valence-electron chi connectivity index (χ2n) is 6.63. The number of carbonyl (C=O) groups excluding carboxylic acids is 2. The maximum Gasteiger partial charge on any atom is 0.326 e. The van der Waals surface area contributed by atoms with Gasteiger partial charge in [0, 0.05) is 19.3 Å². The molecule has 1 aromatic rings. The predicted octanol–water partition coefficient (Wildman–Crippen LogP) is -0.660. The summed E-state index contributed by atoms with van der Waals surface area (Å²) < 4.78 is 0. The van der Waals surface area contributed by atoms with Gasteiger partial charge in [0.1, 0.15) is 12.1 Å². The lowest BCUT2D eigenvalue weighted by atomic mass is 10.1. The van der Waals surface area contributed by atoms with Crippen molar-refractivity contribution in [3.63, 3.8) is 0 Å². The van der Waals surface area contributed by atoms with Crippen molar-refractivity contribution in [2.45, 2.75) is 50.2 Å². The smallest absolute Gasteiger partial charge is 0.326 e. The fourth-order valence-electron chi connectivity index (χ4n) is 2.54. The van der Waals surface area contributed by atoms with Crippen LogP contribution < -0.4 is 16.4 Å². The van der Waals surface area contributed by atoms with Gasteiger partial charge in [-0.25, -0.2) is 9.59 Å². The maximum absolute atomic E-state index is 12.1. The average molecular weight is 423 g/mol. The number of nitrogens with one attached hydrogen (secondary N) is 2. The minimum Gasteiger partial charge on any atom is -0.481 e. The normalized spacial score (nSPS) is 13.5. The van der Waals surface area contributed by atoms with E-state index >= 15 is 0 Å². The molecule has 0 radical (unpaired) electrons. The number of aliphatic carboxylic acids is 3.